The van der Waals surface area contributed by atoms with E-state index in [1.165, 1.54) is 12.0 Å². The maximum atomic E-state index is 12.1. The molecule has 0 saturated carbocycles. The number of carbonyl (C=O) groups is 1. The van der Waals surface area contributed by atoms with Crippen molar-refractivity contribution < 1.29 is 4.79 Å². The number of carbonyl (C=O) groups excluding carboxylic acids is 1. The Hall–Kier alpha value is -1.15. The summed E-state index contributed by atoms with van der Waals surface area (Å²) in [5.74, 6) is 0.997. The van der Waals surface area contributed by atoms with Crippen molar-refractivity contribution in [1.82, 2.24) is 4.90 Å². The van der Waals surface area contributed by atoms with Crippen molar-refractivity contribution >= 4 is 5.78 Å². The highest BCUT2D eigenvalue weighted by atomic mass is 16.1. The second kappa shape index (κ2) is 6.14. The Balaban J connectivity index is 1.92. The first-order valence-electron chi connectivity index (χ1n) is 7.03. The molecule has 1 heterocycles. The lowest BCUT2D eigenvalue weighted by molar-refractivity contribution is 0.0943. The van der Waals surface area contributed by atoms with Crippen LogP contribution in [-0.2, 0) is 6.42 Å². The van der Waals surface area contributed by atoms with Crippen LogP contribution in [0.25, 0.3) is 0 Å². The third-order valence-electron chi connectivity index (χ3n) is 3.69. The molecule has 1 aromatic rings. The molecule has 0 aromatic heterocycles. The van der Waals surface area contributed by atoms with Crippen LogP contribution < -0.4 is 0 Å². The van der Waals surface area contributed by atoms with E-state index in [4.69, 9.17) is 0 Å². The summed E-state index contributed by atoms with van der Waals surface area (Å²) in [7, 11) is 0. The van der Waals surface area contributed by atoms with Crippen molar-refractivity contribution in [1.29, 1.82) is 0 Å². The van der Waals surface area contributed by atoms with E-state index in [2.05, 4.69) is 30.9 Å². The predicted octanol–water partition coefficient (Wildman–Crippen LogP) is 3.16. The Morgan fingerprint density at radius 2 is 2.06 bits per heavy atom. The van der Waals surface area contributed by atoms with Gasteiger partial charge in [-0.05, 0) is 30.9 Å². The van der Waals surface area contributed by atoms with Crippen LogP contribution in [0.1, 0.15) is 42.6 Å². The van der Waals surface area contributed by atoms with Crippen LogP contribution in [0.5, 0.6) is 0 Å². The van der Waals surface area contributed by atoms with Gasteiger partial charge >= 0.3 is 0 Å². The molecule has 0 N–H and O–H groups in total. The largest absolute Gasteiger partial charge is 0.296 e. The number of hydrogen-bond donors (Lipinski definition) is 0. The summed E-state index contributed by atoms with van der Waals surface area (Å²) in [6, 6.07) is 8.13. The molecular formula is C16H23NO. The fourth-order valence-corrected chi connectivity index (χ4v) is 2.61. The molecule has 0 amide bonds. The van der Waals surface area contributed by atoms with E-state index in [-0.39, 0.29) is 5.78 Å². The highest BCUT2D eigenvalue weighted by Crippen LogP contribution is 2.16. The van der Waals surface area contributed by atoms with Gasteiger partial charge in [0.25, 0.3) is 0 Å². The second-order valence-electron chi connectivity index (χ2n) is 5.50. The maximum absolute atomic E-state index is 12.1. The molecule has 2 heteroatoms. The Kier molecular flexibility index (Phi) is 4.54. The zero-order valence-electron chi connectivity index (χ0n) is 11.5. The molecule has 1 aromatic carbocycles. The van der Waals surface area contributed by atoms with Crippen LogP contribution in [0.2, 0.25) is 0 Å². The van der Waals surface area contributed by atoms with Crippen molar-refractivity contribution in [3.05, 3.63) is 35.4 Å². The molecule has 0 radical (unpaired) electrons. The fourth-order valence-electron chi connectivity index (χ4n) is 2.61. The average Bonchev–Trinajstić information content (AvgIpc) is 2.76. The zero-order valence-corrected chi connectivity index (χ0v) is 11.5. The summed E-state index contributed by atoms with van der Waals surface area (Å²) in [6.07, 6.45) is 3.47. The molecule has 1 saturated heterocycles. The SMILES string of the molecule is CCCc1ccc(C(=O)CN2CCC(C)C2)cc1. The van der Waals surface area contributed by atoms with Crippen molar-refractivity contribution in [2.75, 3.05) is 19.6 Å². The quantitative estimate of drug-likeness (QED) is 0.743. The number of nitrogens with zero attached hydrogens (tertiary/aromatic N) is 1. The van der Waals surface area contributed by atoms with Crippen molar-refractivity contribution in [2.45, 2.75) is 33.1 Å². The number of Topliss-reactive ketones (excluding diaryl/α,β-unsaturated/α-hetero) is 1. The van der Waals surface area contributed by atoms with Crippen molar-refractivity contribution in [3.8, 4) is 0 Å². The van der Waals surface area contributed by atoms with Crippen LogP contribution in [0.4, 0.5) is 0 Å². The van der Waals surface area contributed by atoms with Gasteiger partial charge in [-0.15, -0.1) is 0 Å². The minimum atomic E-state index is 0.257. The van der Waals surface area contributed by atoms with E-state index < -0.39 is 0 Å². The van der Waals surface area contributed by atoms with E-state index in [1.807, 2.05) is 12.1 Å². The van der Waals surface area contributed by atoms with E-state index in [9.17, 15) is 4.79 Å². The molecule has 1 unspecified atom stereocenters. The van der Waals surface area contributed by atoms with Gasteiger partial charge in [-0.25, -0.2) is 0 Å². The normalized spacial score (nSPS) is 20.2. The molecular weight excluding hydrogens is 222 g/mol. The summed E-state index contributed by atoms with van der Waals surface area (Å²) in [5, 5.41) is 0. The Labute approximate surface area is 110 Å². The third-order valence-corrected chi connectivity index (χ3v) is 3.69. The van der Waals surface area contributed by atoms with Gasteiger partial charge in [0.15, 0.2) is 5.78 Å². The van der Waals surface area contributed by atoms with Gasteiger partial charge in [-0.3, -0.25) is 9.69 Å². The van der Waals surface area contributed by atoms with Crippen molar-refractivity contribution in [3.63, 3.8) is 0 Å². The molecule has 1 fully saturated rings. The first kappa shape index (κ1) is 13.3. The second-order valence-corrected chi connectivity index (χ2v) is 5.50. The lowest BCUT2D eigenvalue weighted by Crippen LogP contribution is -2.27. The summed E-state index contributed by atoms with van der Waals surface area (Å²) in [6.45, 7) is 7.15. The van der Waals surface area contributed by atoms with Crippen LogP contribution in [0.15, 0.2) is 24.3 Å². The number of ketones is 1. The molecule has 1 aliphatic rings. The first-order valence-corrected chi connectivity index (χ1v) is 7.03. The van der Waals surface area contributed by atoms with E-state index in [0.717, 1.165) is 37.4 Å². The minimum absolute atomic E-state index is 0.257. The Morgan fingerprint density at radius 3 is 2.61 bits per heavy atom. The molecule has 98 valence electrons. The van der Waals surface area contributed by atoms with E-state index in [0.29, 0.717) is 6.54 Å². The van der Waals surface area contributed by atoms with Gasteiger partial charge in [0.05, 0.1) is 6.54 Å². The molecule has 0 bridgehead atoms. The topological polar surface area (TPSA) is 20.3 Å². The molecule has 1 atom stereocenters. The fraction of sp³-hybridized carbons (Fsp3) is 0.562. The standard InChI is InChI=1S/C16H23NO/c1-3-4-14-5-7-15(8-6-14)16(18)12-17-10-9-13(2)11-17/h5-8,13H,3-4,9-12H2,1-2H3. The lowest BCUT2D eigenvalue weighted by atomic mass is 10.1. The first-order chi connectivity index (χ1) is 8.69. The Morgan fingerprint density at radius 1 is 1.33 bits per heavy atom. The molecule has 1 aliphatic heterocycles. The maximum Gasteiger partial charge on any atom is 0.176 e. The van der Waals surface area contributed by atoms with Crippen molar-refractivity contribution in [2.24, 2.45) is 5.92 Å². The van der Waals surface area contributed by atoms with Gasteiger partial charge in [0.1, 0.15) is 0 Å². The summed E-state index contributed by atoms with van der Waals surface area (Å²) in [5.41, 5.74) is 2.18. The van der Waals surface area contributed by atoms with Gasteiger partial charge in [-0.1, -0.05) is 44.5 Å². The summed E-state index contributed by atoms with van der Waals surface area (Å²) >= 11 is 0. The predicted molar refractivity (Wildman–Crippen MR) is 75.0 cm³/mol. The lowest BCUT2D eigenvalue weighted by Gasteiger charge is -2.14. The highest BCUT2D eigenvalue weighted by molar-refractivity contribution is 5.97. The monoisotopic (exact) mass is 245 g/mol. The molecule has 0 aliphatic carbocycles. The number of likely N-dealkylation sites (tertiary alicyclic amines) is 1. The number of hydrogen-bond acceptors (Lipinski definition) is 2. The highest BCUT2D eigenvalue weighted by Gasteiger charge is 2.20. The minimum Gasteiger partial charge on any atom is -0.296 e. The van der Waals surface area contributed by atoms with Crippen LogP contribution in [0.3, 0.4) is 0 Å². The van der Waals surface area contributed by atoms with Gasteiger partial charge < -0.3 is 0 Å². The van der Waals surface area contributed by atoms with E-state index >= 15 is 0 Å². The number of rotatable bonds is 5. The van der Waals surface area contributed by atoms with E-state index in [1.54, 1.807) is 0 Å². The summed E-state index contributed by atoms with van der Waals surface area (Å²) < 4.78 is 0. The average molecular weight is 245 g/mol. The zero-order chi connectivity index (χ0) is 13.0. The number of aryl methyl sites for hydroxylation is 1. The third kappa shape index (κ3) is 3.42. The molecule has 2 rings (SSSR count). The summed E-state index contributed by atoms with van der Waals surface area (Å²) in [4.78, 5) is 14.4. The van der Waals surface area contributed by atoms with Crippen LogP contribution in [0, 0.1) is 5.92 Å². The van der Waals surface area contributed by atoms with Crippen LogP contribution in [-0.4, -0.2) is 30.3 Å². The molecule has 2 nitrogen and oxygen atoms in total. The van der Waals surface area contributed by atoms with Crippen LogP contribution >= 0.6 is 0 Å². The van der Waals surface area contributed by atoms with Gasteiger partial charge in [0, 0.05) is 12.1 Å². The molecule has 0 spiro atoms. The number of benzene rings is 1. The smallest absolute Gasteiger partial charge is 0.176 e. The Bertz CT molecular complexity index is 396. The van der Waals surface area contributed by atoms with Gasteiger partial charge in [0.2, 0.25) is 0 Å². The molecule has 18 heavy (non-hydrogen) atoms. The van der Waals surface area contributed by atoms with Gasteiger partial charge in [-0.2, -0.15) is 0 Å².